The summed E-state index contributed by atoms with van der Waals surface area (Å²) in [5.74, 6) is -0.515. The number of hydrogen-bond donors (Lipinski definition) is 3. The zero-order valence-corrected chi connectivity index (χ0v) is 10.2. The van der Waals surface area contributed by atoms with Gasteiger partial charge in [-0.25, -0.2) is 4.98 Å². The maximum atomic E-state index is 12.6. The van der Waals surface area contributed by atoms with Gasteiger partial charge in [-0.15, -0.1) is 0 Å². The molecule has 0 spiro atoms. The standard InChI is InChI=1S/C11H10F3N3.CH4O/c12-11(13,14)8-4-7-2-1-6(5-15)3-9(7)17-10(8)16;1-2/h1-4H,5,15H2,(H2,16,17);2H,1H3. The summed E-state index contributed by atoms with van der Waals surface area (Å²) < 4.78 is 37.7. The van der Waals surface area contributed by atoms with Gasteiger partial charge in [0.2, 0.25) is 0 Å². The smallest absolute Gasteiger partial charge is 0.400 e. The van der Waals surface area contributed by atoms with Gasteiger partial charge in [0, 0.05) is 19.0 Å². The number of aliphatic hydroxyl groups excluding tert-OH is 1. The Morgan fingerprint density at radius 3 is 2.37 bits per heavy atom. The molecule has 0 radical (unpaired) electrons. The van der Waals surface area contributed by atoms with Crippen LogP contribution in [0.3, 0.4) is 0 Å². The third kappa shape index (κ3) is 3.33. The number of alkyl halides is 3. The van der Waals surface area contributed by atoms with Gasteiger partial charge >= 0.3 is 6.18 Å². The lowest BCUT2D eigenvalue weighted by Crippen LogP contribution is -2.10. The molecule has 0 atom stereocenters. The lowest BCUT2D eigenvalue weighted by atomic mass is 10.1. The number of hydrogen-bond acceptors (Lipinski definition) is 4. The molecule has 7 heteroatoms. The van der Waals surface area contributed by atoms with Crippen LogP contribution in [0.5, 0.6) is 0 Å². The minimum atomic E-state index is -4.49. The van der Waals surface area contributed by atoms with Crippen molar-refractivity contribution in [1.29, 1.82) is 0 Å². The fourth-order valence-corrected chi connectivity index (χ4v) is 1.58. The average Bonchev–Trinajstić information content (AvgIpc) is 2.38. The molecule has 0 unspecified atom stereocenters. The Bertz CT molecular complexity index is 570. The maximum Gasteiger partial charge on any atom is 0.419 e. The van der Waals surface area contributed by atoms with Crippen molar-refractivity contribution in [3.63, 3.8) is 0 Å². The first-order valence-corrected chi connectivity index (χ1v) is 5.33. The molecule has 0 fully saturated rings. The number of aromatic nitrogens is 1. The molecule has 0 saturated heterocycles. The van der Waals surface area contributed by atoms with Crippen molar-refractivity contribution in [1.82, 2.24) is 4.98 Å². The number of benzene rings is 1. The fourth-order valence-electron chi connectivity index (χ4n) is 1.58. The molecule has 104 valence electrons. The van der Waals surface area contributed by atoms with E-state index in [1.807, 2.05) is 0 Å². The van der Waals surface area contributed by atoms with E-state index >= 15 is 0 Å². The van der Waals surface area contributed by atoms with Crippen molar-refractivity contribution >= 4 is 16.7 Å². The van der Waals surface area contributed by atoms with Crippen LogP contribution in [0.15, 0.2) is 24.3 Å². The summed E-state index contributed by atoms with van der Waals surface area (Å²) in [6.07, 6.45) is -4.49. The quantitative estimate of drug-likeness (QED) is 0.740. The summed E-state index contributed by atoms with van der Waals surface area (Å²) in [5.41, 5.74) is 11.0. The highest BCUT2D eigenvalue weighted by Gasteiger charge is 2.33. The number of nitrogens with zero attached hydrogens (tertiary/aromatic N) is 1. The summed E-state index contributed by atoms with van der Waals surface area (Å²) in [6, 6.07) is 5.85. The highest BCUT2D eigenvalue weighted by molar-refractivity contribution is 5.82. The number of anilines is 1. The number of halogens is 3. The second-order valence-corrected chi connectivity index (χ2v) is 3.65. The number of rotatable bonds is 1. The second kappa shape index (κ2) is 5.85. The Balaban J connectivity index is 0.000000861. The van der Waals surface area contributed by atoms with Gasteiger partial charge in [-0.3, -0.25) is 0 Å². The molecule has 0 aliphatic heterocycles. The normalized spacial score (nSPS) is 11.1. The van der Waals surface area contributed by atoms with Crippen LogP contribution >= 0.6 is 0 Å². The van der Waals surface area contributed by atoms with E-state index in [9.17, 15) is 13.2 Å². The lowest BCUT2D eigenvalue weighted by Gasteiger charge is -2.10. The molecule has 1 heterocycles. The lowest BCUT2D eigenvalue weighted by molar-refractivity contribution is -0.137. The summed E-state index contributed by atoms with van der Waals surface area (Å²) in [4.78, 5) is 3.75. The predicted octanol–water partition coefficient (Wildman–Crippen LogP) is 1.90. The zero-order chi connectivity index (χ0) is 14.6. The van der Waals surface area contributed by atoms with Gasteiger partial charge in [-0.1, -0.05) is 12.1 Å². The van der Waals surface area contributed by atoms with Gasteiger partial charge in [0.25, 0.3) is 0 Å². The van der Waals surface area contributed by atoms with Crippen molar-refractivity contribution < 1.29 is 18.3 Å². The number of fused-ring (bicyclic) bond motifs is 1. The van der Waals surface area contributed by atoms with Crippen molar-refractivity contribution in [3.8, 4) is 0 Å². The predicted molar refractivity (Wildman–Crippen MR) is 67.2 cm³/mol. The molecule has 0 aliphatic carbocycles. The molecule has 4 nitrogen and oxygen atoms in total. The fraction of sp³-hybridized carbons (Fsp3) is 0.250. The van der Waals surface area contributed by atoms with E-state index in [1.54, 1.807) is 18.2 Å². The van der Waals surface area contributed by atoms with Crippen molar-refractivity contribution in [2.75, 3.05) is 12.8 Å². The summed E-state index contributed by atoms with van der Waals surface area (Å²) >= 11 is 0. The van der Waals surface area contributed by atoms with Crippen molar-refractivity contribution in [3.05, 3.63) is 35.4 Å². The van der Waals surface area contributed by atoms with Gasteiger partial charge in [0.1, 0.15) is 5.82 Å². The van der Waals surface area contributed by atoms with Crippen LogP contribution in [0.25, 0.3) is 10.9 Å². The molecule has 19 heavy (non-hydrogen) atoms. The minimum Gasteiger partial charge on any atom is -0.400 e. The third-order valence-corrected chi connectivity index (χ3v) is 2.45. The maximum absolute atomic E-state index is 12.6. The van der Waals surface area contributed by atoms with E-state index in [4.69, 9.17) is 16.6 Å². The molecular formula is C12H14F3N3O. The van der Waals surface area contributed by atoms with Crippen LogP contribution in [0.2, 0.25) is 0 Å². The van der Waals surface area contributed by atoms with E-state index < -0.39 is 17.6 Å². The summed E-state index contributed by atoms with van der Waals surface area (Å²) in [6.45, 7) is 0.304. The van der Waals surface area contributed by atoms with Crippen LogP contribution in [0, 0.1) is 0 Å². The Hall–Kier alpha value is -1.86. The first-order valence-electron chi connectivity index (χ1n) is 5.33. The van der Waals surface area contributed by atoms with Gasteiger partial charge in [-0.05, 0) is 17.7 Å². The highest BCUT2D eigenvalue weighted by atomic mass is 19.4. The average molecular weight is 273 g/mol. The molecule has 2 aromatic rings. The largest absolute Gasteiger partial charge is 0.419 e. The SMILES string of the molecule is CO.NCc1ccc2cc(C(F)(F)F)c(N)nc2c1. The summed E-state index contributed by atoms with van der Waals surface area (Å²) in [7, 11) is 1.00. The monoisotopic (exact) mass is 273 g/mol. The third-order valence-electron chi connectivity index (χ3n) is 2.45. The summed E-state index contributed by atoms with van der Waals surface area (Å²) in [5, 5.41) is 7.39. The van der Waals surface area contributed by atoms with Crippen LogP contribution < -0.4 is 11.5 Å². The van der Waals surface area contributed by atoms with Crippen molar-refractivity contribution in [2.24, 2.45) is 5.73 Å². The Morgan fingerprint density at radius 2 is 1.84 bits per heavy atom. The number of aliphatic hydroxyl groups is 1. The Labute approximate surface area is 107 Å². The molecule has 0 amide bonds. The molecule has 2 rings (SSSR count). The number of nitrogen functional groups attached to an aromatic ring is 1. The van der Waals surface area contributed by atoms with E-state index in [-0.39, 0.29) is 0 Å². The van der Waals surface area contributed by atoms with Crippen LogP contribution in [0.1, 0.15) is 11.1 Å². The van der Waals surface area contributed by atoms with E-state index in [0.717, 1.165) is 18.7 Å². The first-order chi connectivity index (χ1) is 8.91. The molecular weight excluding hydrogens is 259 g/mol. The van der Waals surface area contributed by atoms with Gasteiger partial charge in [0.15, 0.2) is 0 Å². The topological polar surface area (TPSA) is 85.2 Å². The van der Waals surface area contributed by atoms with Crippen LogP contribution in [0.4, 0.5) is 19.0 Å². The van der Waals surface area contributed by atoms with Gasteiger partial charge < -0.3 is 16.6 Å². The molecule has 0 saturated carbocycles. The minimum absolute atomic E-state index is 0.304. The van der Waals surface area contributed by atoms with Crippen LogP contribution in [-0.2, 0) is 12.7 Å². The van der Waals surface area contributed by atoms with E-state index in [0.29, 0.717) is 17.4 Å². The van der Waals surface area contributed by atoms with Gasteiger partial charge in [-0.2, -0.15) is 13.2 Å². The number of nitrogens with two attached hydrogens (primary N) is 2. The van der Waals surface area contributed by atoms with Crippen LogP contribution in [-0.4, -0.2) is 17.2 Å². The second-order valence-electron chi connectivity index (χ2n) is 3.65. The van der Waals surface area contributed by atoms with E-state index in [1.165, 1.54) is 0 Å². The molecule has 0 aliphatic rings. The zero-order valence-electron chi connectivity index (χ0n) is 10.2. The number of pyridine rings is 1. The first kappa shape index (κ1) is 15.2. The Kier molecular flexibility index (Phi) is 4.68. The van der Waals surface area contributed by atoms with Crippen molar-refractivity contribution in [2.45, 2.75) is 12.7 Å². The molecule has 0 bridgehead atoms. The Morgan fingerprint density at radius 1 is 1.21 bits per heavy atom. The molecule has 1 aromatic carbocycles. The van der Waals surface area contributed by atoms with Gasteiger partial charge in [0.05, 0.1) is 11.1 Å². The van der Waals surface area contributed by atoms with E-state index in [2.05, 4.69) is 4.98 Å². The highest BCUT2D eigenvalue weighted by Crippen LogP contribution is 2.34. The molecule has 5 N–H and O–H groups in total. The molecule has 1 aromatic heterocycles.